The maximum atomic E-state index is 12.0. The topological polar surface area (TPSA) is 133 Å². The average molecular weight is 449 g/mol. The molecule has 11 heteroatoms. The lowest BCUT2D eigenvalue weighted by Gasteiger charge is -2.20. The fourth-order valence-electron chi connectivity index (χ4n) is 1.95. The SMILES string of the molecule is CC(C)(C)CC(=O)N[C@H](CSSC[C@@H](NC(=O)c1cccs1)C(=O)O)C(=O)O. The molecule has 0 aromatic carbocycles. The van der Waals surface area contributed by atoms with E-state index in [0.717, 1.165) is 21.6 Å². The van der Waals surface area contributed by atoms with Gasteiger partial charge in [-0.05, 0) is 16.9 Å². The van der Waals surface area contributed by atoms with E-state index in [1.165, 1.54) is 11.3 Å². The number of thiophene rings is 1. The molecule has 0 aliphatic carbocycles. The number of aliphatic carboxylic acids is 2. The van der Waals surface area contributed by atoms with Gasteiger partial charge in [0.1, 0.15) is 12.1 Å². The molecule has 156 valence electrons. The minimum atomic E-state index is -1.17. The molecule has 0 saturated heterocycles. The van der Waals surface area contributed by atoms with Crippen LogP contribution < -0.4 is 10.6 Å². The van der Waals surface area contributed by atoms with Crippen molar-refractivity contribution in [1.82, 2.24) is 10.6 Å². The highest BCUT2D eigenvalue weighted by Gasteiger charge is 2.25. The van der Waals surface area contributed by atoms with Crippen LogP contribution in [0.15, 0.2) is 17.5 Å². The van der Waals surface area contributed by atoms with Crippen molar-refractivity contribution in [3.63, 3.8) is 0 Å². The molecule has 0 fully saturated rings. The van der Waals surface area contributed by atoms with E-state index in [2.05, 4.69) is 10.6 Å². The second kappa shape index (κ2) is 11.3. The molecule has 0 unspecified atom stereocenters. The van der Waals surface area contributed by atoms with Crippen LogP contribution in [0.4, 0.5) is 0 Å². The Morgan fingerprint density at radius 1 is 1.04 bits per heavy atom. The highest BCUT2D eigenvalue weighted by molar-refractivity contribution is 8.76. The highest BCUT2D eigenvalue weighted by atomic mass is 33.1. The van der Waals surface area contributed by atoms with Crippen molar-refractivity contribution >= 4 is 56.7 Å². The van der Waals surface area contributed by atoms with E-state index in [1.54, 1.807) is 17.5 Å². The Labute approximate surface area is 175 Å². The third kappa shape index (κ3) is 9.47. The lowest BCUT2D eigenvalue weighted by Crippen LogP contribution is -2.43. The van der Waals surface area contributed by atoms with Crippen LogP contribution in [0.25, 0.3) is 0 Å². The van der Waals surface area contributed by atoms with Gasteiger partial charge in [-0.1, -0.05) is 48.4 Å². The number of nitrogens with one attached hydrogen (secondary N) is 2. The Kier molecular flexibility index (Phi) is 9.83. The van der Waals surface area contributed by atoms with E-state index in [0.29, 0.717) is 4.88 Å². The molecule has 8 nitrogen and oxygen atoms in total. The van der Waals surface area contributed by atoms with E-state index in [9.17, 15) is 29.4 Å². The number of rotatable bonds is 11. The number of hydrogen-bond acceptors (Lipinski definition) is 7. The summed E-state index contributed by atoms with van der Waals surface area (Å²) in [7, 11) is 2.25. The van der Waals surface area contributed by atoms with Crippen molar-refractivity contribution in [2.75, 3.05) is 11.5 Å². The molecule has 2 atom stereocenters. The zero-order chi connectivity index (χ0) is 21.3. The first kappa shape index (κ1) is 24.3. The molecular formula is C17H24N2O6S3. The third-order valence-corrected chi connectivity index (χ3v) is 6.52. The Bertz CT molecular complexity index is 688. The third-order valence-electron chi connectivity index (χ3n) is 3.23. The molecular weight excluding hydrogens is 424 g/mol. The first-order valence-corrected chi connectivity index (χ1v) is 11.7. The predicted molar refractivity (Wildman–Crippen MR) is 112 cm³/mol. The van der Waals surface area contributed by atoms with Crippen molar-refractivity contribution in [2.24, 2.45) is 5.41 Å². The van der Waals surface area contributed by atoms with Gasteiger partial charge >= 0.3 is 11.9 Å². The molecule has 1 aromatic rings. The summed E-state index contributed by atoms with van der Waals surface area (Å²) in [5.41, 5.74) is -0.259. The second-order valence-electron chi connectivity index (χ2n) is 7.11. The van der Waals surface area contributed by atoms with Gasteiger partial charge in [0.15, 0.2) is 0 Å². The molecule has 1 heterocycles. The zero-order valence-electron chi connectivity index (χ0n) is 15.8. The molecule has 0 aliphatic rings. The summed E-state index contributed by atoms with van der Waals surface area (Å²) in [6.07, 6.45) is 0.199. The number of amides is 2. The van der Waals surface area contributed by atoms with Crippen LogP contribution >= 0.6 is 32.9 Å². The Hall–Kier alpha value is -1.72. The normalized spacial score (nSPS) is 13.4. The van der Waals surface area contributed by atoms with Gasteiger partial charge in [0.05, 0.1) is 4.88 Å². The number of carboxylic acid groups (broad SMARTS) is 2. The molecule has 1 rings (SSSR count). The number of carbonyl (C=O) groups excluding carboxylic acids is 2. The zero-order valence-corrected chi connectivity index (χ0v) is 18.2. The van der Waals surface area contributed by atoms with Gasteiger partial charge in [-0.15, -0.1) is 11.3 Å². The molecule has 0 aliphatic heterocycles. The Balaban J connectivity index is 2.47. The second-order valence-corrected chi connectivity index (χ2v) is 10.6. The summed E-state index contributed by atoms with van der Waals surface area (Å²) in [6, 6.07) is 1.11. The largest absolute Gasteiger partial charge is 0.480 e. The Morgan fingerprint density at radius 3 is 2.00 bits per heavy atom. The summed E-state index contributed by atoms with van der Waals surface area (Å²) in [5.74, 6) is -3.02. The molecule has 28 heavy (non-hydrogen) atoms. The summed E-state index contributed by atoms with van der Waals surface area (Å²) in [5, 5.41) is 25.1. The minimum Gasteiger partial charge on any atom is -0.480 e. The van der Waals surface area contributed by atoms with Gasteiger partial charge in [-0.25, -0.2) is 9.59 Å². The Morgan fingerprint density at radius 2 is 1.57 bits per heavy atom. The summed E-state index contributed by atoms with van der Waals surface area (Å²) in [6.45, 7) is 5.64. The van der Waals surface area contributed by atoms with E-state index >= 15 is 0 Å². The summed E-state index contributed by atoms with van der Waals surface area (Å²) >= 11 is 1.21. The van der Waals surface area contributed by atoms with Gasteiger partial charge in [0, 0.05) is 17.9 Å². The maximum absolute atomic E-state index is 12.0. The van der Waals surface area contributed by atoms with Gasteiger partial charge in [0.2, 0.25) is 5.91 Å². The molecule has 0 saturated carbocycles. The summed E-state index contributed by atoms with van der Waals surface area (Å²) < 4.78 is 0. The van der Waals surface area contributed by atoms with Crippen LogP contribution in [0.2, 0.25) is 0 Å². The number of carboxylic acids is 2. The molecule has 0 bridgehead atoms. The monoisotopic (exact) mass is 448 g/mol. The van der Waals surface area contributed by atoms with Crippen molar-refractivity contribution in [2.45, 2.75) is 39.3 Å². The molecule has 4 N–H and O–H groups in total. The number of carbonyl (C=O) groups is 4. The number of hydrogen-bond donors (Lipinski definition) is 4. The molecule has 1 aromatic heterocycles. The van der Waals surface area contributed by atoms with E-state index < -0.39 is 29.9 Å². The fourth-order valence-corrected chi connectivity index (χ4v) is 4.88. The van der Waals surface area contributed by atoms with Crippen molar-refractivity contribution in [3.8, 4) is 0 Å². The first-order valence-electron chi connectivity index (χ1n) is 8.33. The molecule has 0 radical (unpaired) electrons. The van der Waals surface area contributed by atoms with Crippen LogP contribution in [-0.4, -0.2) is 57.6 Å². The van der Waals surface area contributed by atoms with E-state index in [-0.39, 0.29) is 29.2 Å². The maximum Gasteiger partial charge on any atom is 0.327 e. The van der Waals surface area contributed by atoms with Crippen LogP contribution in [-0.2, 0) is 14.4 Å². The van der Waals surface area contributed by atoms with E-state index in [1.807, 2.05) is 20.8 Å². The highest BCUT2D eigenvalue weighted by Crippen LogP contribution is 2.24. The van der Waals surface area contributed by atoms with Crippen LogP contribution in [0, 0.1) is 5.41 Å². The van der Waals surface area contributed by atoms with Crippen molar-refractivity contribution in [1.29, 1.82) is 0 Å². The standard InChI is InChI=1S/C17H24N2O6S3/c1-17(2,3)7-13(20)18-10(15(22)23)8-27-28-9-11(16(24)25)19-14(21)12-5-4-6-26-12/h4-6,10-11H,7-9H2,1-3H3,(H,18,20)(H,19,21)(H,22,23)(H,24,25)/t10-,11-/m1/s1. The summed E-state index contributed by atoms with van der Waals surface area (Å²) in [4.78, 5) is 47.0. The fraction of sp³-hybridized carbons (Fsp3) is 0.529. The van der Waals surface area contributed by atoms with Gasteiger partial charge < -0.3 is 20.8 Å². The van der Waals surface area contributed by atoms with Gasteiger partial charge in [-0.2, -0.15) is 0 Å². The van der Waals surface area contributed by atoms with Crippen LogP contribution in [0.3, 0.4) is 0 Å². The molecule has 2 amide bonds. The average Bonchev–Trinajstić information content (AvgIpc) is 3.08. The smallest absolute Gasteiger partial charge is 0.327 e. The van der Waals surface area contributed by atoms with E-state index in [4.69, 9.17) is 0 Å². The van der Waals surface area contributed by atoms with Crippen molar-refractivity contribution in [3.05, 3.63) is 22.4 Å². The van der Waals surface area contributed by atoms with Gasteiger partial charge in [0.25, 0.3) is 5.91 Å². The van der Waals surface area contributed by atoms with Crippen molar-refractivity contribution < 1.29 is 29.4 Å². The lowest BCUT2D eigenvalue weighted by atomic mass is 9.92. The minimum absolute atomic E-state index is 0.0550. The molecule has 0 spiro atoms. The first-order chi connectivity index (χ1) is 13.0. The van der Waals surface area contributed by atoms with Gasteiger partial charge in [-0.3, -0.25) is 9.59 Å². The quantitative estimate of drug-likeness (QED) is 0.299. The van der Waals surface area contributed by atoms with Crippen LogP contribution in [0.1, 0.15) is 36.9 Å². The predicted octanol–water partition coefficient (Wildman–Crippen LogP) is 2.32. The lowest BCUT2D eigenvalue weighted by molar-refractivity contribution is -0.141. The van der Waals surface area contributed by atoms with Crippen LogP contribution in [0.5, 0.6) is 0 Å².